The minimum Gasteiger partial charge on any atom is -0.495 e. The molecule has 0 N–H and O–H groups in total. The SMILES string of the molecule is COc1ccc(S(=O)(=O)N2CCc3ccccc3C2)cc1N1CCN(C(=O)C=Cc2ccccc2Cl)CC1. The number of anilines is 1. The molecule has 9 heteroatoms. The Hall–Kier alpha value is -3.33. The highest BCUT2D eigenvalue weighted by Gasteiger charge is 2.30. The Morgan fingerprint density at radius 2 is 1.63 bits per heavy atom. The number of halogens is 1. The van der Waals surface area contributed by atoms with Gasteiger partial charge in [-0.3, -0.25) is 4.79 Å². The quantitative estimate of drug-likeness (QED) is 0.423. The molecule has 2 aliphatic rings. The molecule has 1 amide bonds. The molecule has 3 aromatic rings. The first kappa shape index (κ1) is 26.3. The number of carbonyl (C=O) groups excluding carboxylic acids is 1. The summed E-state index contributed by atoms with van der Waals surface area (Å²) in [4.78, 5) is 16.9. The smallest absolute Gasteiger partial charge is 0.246 e. The fourth-order valence-electron chi connectivity index (χ4n) is 4.95. The number of piperazine rings is 1. The fraction of sp³-hybridized carbons (Fsp3) is 0.276. The summed E-state index contributed by atoms with van der Waals surface area (Å²) in [6, 6.07) is 20.4. The van der Waals surface area contributed by atoms with E-state index in [4.69, 9.17) is 16.3 Å². The number of amides is 1. The second kappa shape index (κ2) is 11.2. The average molecular weight is 552 g/mol. The second-order valence-corrected chi connectivity index (χ2v) is 11.7. The first-order chi connectivity index (χ1) is 18.4. The minimum atomic E-state index is -3.69. The lowest BCUT2D eigenvalue weighted by Gasteiger charge is -2.36. The van der Waals surface area contributed by atoms with Gasteiger partial charge in [0.15, 0.2) is 0 Å². The van der Waals surface area contributed by atoms with Crippen molar-refractivity contribution in [3.05, 3.63) is 94.5 Å². The van der Waals surface area contributed by atoms with Gasteiger partial charge in [-0.15, -0.1) is 0 Å². The van der Waals surface area contributed by atoms with Gasteiger partial charge in [-0.2, -0.15) is 4.31 Å². The molecule has 7 nitrogen and oxygen atoms in total. The van der Waals surface area contributed by atoms with E-state index in [9.17, 15) is 13.2 Å². The van der Waals surface area contributed by atoms with Crippen LogP contribution in [0.25, 0.3) is 6.08 Å². The van der Waals surface area contributed by atoms with Crippen LogP contribution in [0.4, 0.5) is 5.69 Å². The Labute approximate surface area is 228 Å². The molecule has 1 fully saturated rings. The topological polar surface area (TPSA) is 70.2 Å². The second-order valence-electron chi connectivity index (χ2n) is 9.36. The average Bonchev–Trinajstić information content (AvgIpc) is 2.96. The number of hydrogen-bond acceptors (Lipinski definition) is 5. The first-order valence-electron chi connectivity index (χ1n) is 12.6. The molecule has 0 unspecified atom stereocenters. The Bertz CT molecular complexity index is 1470. The van der Waals surface area contributed by atoms with Gasteiger partial charge < -0.3 is 14.5 Å². The molecule has 1 saturated heterocycles. The van der Waals surface area contributed by atoms with Gasteiger partial charge in [0.2, 0.25) is 15.9 Å². The van der Waals surface area contributed by atoms with Crippen molar-refractivity contribution in [1.82, 2.24) is 9.21 Å². The number of nitrogens with zero attached hydrogens (tertiary/aromatic N) is 3. The Balaban J connectivity index is 1.29. The third-order valence-electron chi connectivity index (χ3n) is 7.13. The van der Waals surface area contributed by atoms with Crippen LogP contribution in [0.1, 0.15) is 16.7 Å². The van der Waals surface area contributed by atoms with Crippen LogP contribution in [0, 0.1) is 0 Å². The molecular weight excluding hydrogens is 522 g/mol. The summed E-state index contributed by atoms with van der Waals surface area (Å²) < 4.78 is 34.3. The fourth-order valence-corrected chi connectivity index (χ4v) is 6.58. The van der Waals surface area contributed by atoms with Gasteiger partial charge in [0.05, 0.1) is 17.7 Å². The van der Waals surface area contributed by atoms with Crippen LogP contribution in [0.5, 0.6) is 5.75 Å². The standard InChI is InChI=1S/C29H30ClN3O4S/c1-37-28-12-11-25(38(35,36)33-15-14-22-6-2-3-8-24(22)21-33)20-27(28)31-16-18-32(19-17-31)29(34)13-10-23-7-4-5-9-26(23)30/h2-13,20H,14-19,21H2,1H3. The van der Waals surface area contributed by atoms with E-state index in [1.54, 1.807) is 52.7 Å². The van der Waals surface area contributed by atoms with E-state index in [1.807, 2.05) is 36.4 Å². The van der Waals surface area contributed by atoms with Crippen molar-refractivity contribution in [1.29, 1.82) is 0 Å². The molecule has 0 aromatic heterocycles. The van der Waals surface area contributed by atoms with Crippen LogP contribution in [0.15, 0.2) is 77.7 Å². The third kappa shape index (κ3) is 5.43. The van der Waals surface area contributed by atoms with Crippen LogP contribution in [0.2, 0.25) is 5.02 Å². The summed E-state index contributed by atoms with van der Waals surface area (Å²) in [6.45, 7) is 2.94. The van der Waals surface area contributed by atoms with Gasteiger partial charge in [-0.25, -0.2) is 8.42 Å². The maximum atomic E-state index is 13.6. The van der Waals surface area contributed by atoms with Crippen LogP contribution >= 0.6 is 11.6 Å². The van der Waals surface area contributed by atoms with E-state index < -0.39 is 10.0 Å². The zero-order chi connectivity index (χ0) is 26.7. The normalized spacial score (nSPS) is 16.5. The van der Waals surface area contributed by atoms with Gasteiger partial charge in [-0.05, 0) is 53.5 Å². The zero-order valence-corrected chi connectivity index (χ0v) is 22.8. The lowest BCUT2D eigenvalue weighted by atomic mass is 10.0. The van der Waals surface area contributed by atoms with Crippen LogP contribution in [-0.2, 0) is 27.8 Å². The number of rotatable bonds is 6. The van der Waals surface area contributed by atoms with Crippen molar-refractivity contribution in [2.75, 3.05) is 44.7 Å². The number of fused-ring (bicyclic) bond motifs is 1. The van der Waals surface area contributed by atoms with Crippen molar-refractivity contribution < 1.29 is 17.9 Å². The summed E-state index contributed by atoms with van der Waals surface area (Å²) in [7, 11) is -2.11. The largest absolute Gasteiger partial charge is 0.495 e. The van der Waals surface area contributed by atoms with Crippen molar-refractivity contribution in [3.8, 4) is 5.75 Å². The maximum Gasteiger partial charge on any atom is 0.246 e. The van der Waals surface area contributed by atoms with Gasteiger partial charge in [-0.1, -0.05) is 54.1 Å². The van der Waals surface area contributed by atoms with E-state index in [0.29, 0.717) is 62.1 Å². The molecule has 0 bridgehead atoms. The Morgan fingerprint density at radius 1 is 0.921 bits per heavy atom. The predicted octanol–water partition coefficient (Wildman–Crippen LogP) is 4.46. The van der Waals surface area contributed by atoms with Crippen molar-refractivity contribution in [2.45, 2.75) is 17.9 Å². The summed E-state index contributed by atoms with van der Waals surface area (Å²) in [5.41, 5.74) is 3.75. The number of sulfonamides is 1. The molecule has 2 aliphatic heterocycles. The highest BCUT2D eigenvalue weighted by Crippen LogP contribution is 2.34. The monoisotopic (exact) mass is 551 g/mol. The molecular formula is C29H30ClN3O4S. The summed E-state index contributed by atoms with van der Waals surface area (Å²) >= 11 is 6.19. The first-order valence-corrected chi connectivity index (χ1v) is 14.4. The number of benzene rings is 3. The van der Waals surface area contributed by atoms with Gasteiger partial charge in [0, 0.05) is 50.4 Å². The van der Waals surface area contributed by atoms with E-state index in [2.05, 4.69) is 11.0 Å². The number of methoxy groups -OCH3 is 1. The molecule has 2 heterocycles. The molecule has 0 aliphatic carbocycles. The van der Waals surface area contributed by atoms with Gasteiger partial charge in [0.25, 0.3) is 0 Å². The molecule has 3 aromatic carbocycles. The molecule has 198 valence electrons. The van der Waals surface area contributed by atoms with Crippen molar-refractivity contribution >= 4 is 39.3 Å². The number of carbonyl (C=O) groups is 1. The summed E-state index contributed by atoms with van der Waals surface area (Å²) in [5, 5.41) is 0.595. The Kier molecular flexibility index (Phi) is 7.74. The van der Waals surface area contributed by atoms with Gasteiger partial charge in [0.1, 0.15) is 5.75 Å². The third-order valence-corrected chi connectivity index (χ3v) is 9.31. The molecule has 5 rings (SSSR count). The number of ether oxygens (including phenoxy) is 1. The lowest BCUT2D eigenvalue weighted by Crippen LogP contribution is -2.48. The highest BCUT2D eigenvalue weighted by atomic mass is 35.5. The zero-order valence-electron chi connectivity index (χ0n) is 21.2. The van der Waals surface area contributed by atoms with E-state index in [-0.39, 0.29) is 10.8 Å². The minimum absolute atomic E-state index is 0.0850. The van der Waals surface area contributed by atoms with E-state index >= 15 is 0 Å². The highest BCUT2D eigenvalue weighted by molar-refractivity contribution is 7.89. The number of hydrogen-bond donors (Lipinski definition) is 0. The molecule has 0 atom stereocenters. The van der Waals surface area contributed by atoms with Crippen molar-refractivity contribution in [3.63, 3.8) is 0 Å². The molecule has 0 saturated carbocycles. The van der Waals surface area contributed by atoms with Crippen LogP contribution in [0.3, 0.4) is 0 Å². The van der Waals surface area contributed by atoms with E-state index in [1.165, 1.54) is 5.56 Å². The van der Waals surface area contributed by atoms with E-state index in [0.717, 1.165) is 11.1 Å². The summed E-state index contributed by atoms with van der Waals surface area (Å²) in [6.07, 6.45) is 3.97. The van der Waals surface area contributed by atoms with Crippen LogP contribution in [-0.4, -0.2) is 63.4 Å². The summed E-state index contributed by atoms with van der Waals surface area (Å²) in [5.74, 6) is 0.518. The van der Waals surface area contributed by atoms with Crippen molar-refractivity contribution in [2.24, 2.45) is 0 Å². The lowest BCUT2D eigenvalue weighted by molar-refractivity contribution is -0.126. The molecule has 0 spiro atoms. The predicted molar refractivity (Wildman–Crippen MR) is 150 cm³/mol. The van der Waals surface area contributed by atoms with Crippen LogP contribution < -0.4 is 9.64 Å². The molecule has 38 heavy (non-hydrogen) atoms. The molecule has 0 radical (unpaired) electrons. The maximum absolute atomic E-state index is 13.6. The Morgan fingerprint density at radius 3 is 2.37 bits per heavy atom. The van der Waals surface area contributed by atoms with Gasteiger partial charge >= 0.3 is 0 Å².